The summed E-state index contributed by atoms with van der Waals surface area (Å²) in [4.78, 5) is 12.5. The van der Waals surface area contributed by atoms with Crippen molar-refractivity contribution in [3.8, 4) is 0 Å². The van der Waals surface area contributed by atoms with Gasteiger partial charge in [0.15, 0.2) is 0 Å². The minimum absolute atomic E-state index is 0.0348. The number of aryl methyl sites for hydroxylation is 1. The maximum absolute atomic E-state index is 12.5. The lowest BCUT2D eigenvalue weighted by molar-refractivity contribution is -0.119. The number of hydrogen-bond donors (Lipinski definition) is 2. The molecule has 3 rings (SSSR count). The smallest absolute Gasteiger partial charge is 0.241 e. The van der Waals surface area contributed by atoms with E-state index < -0.39 is 0 Å². The van der Waals surface area contributed by atoms with Gasteiger partial charge >= 0.3 is 0 Å². The molecule has 4 heteroatoms. The molecule has 3 unspecified atom stereocenters. The van der Waals surface area contributed by atoms with Crippen molar-refractivity contribution < 1.29 is 4.79 Å². The van der Waals surface area contributed by atoms with E-state index in [2.05, 4.69) is 26.6 Å². The van der Waals surface area contributed by atoms with Crippen LogP contribution in [0.25, 0.3) is 0 Å². The Morgan fingerprint density at radius 1 is 1.24 bits per heavy atom. The average Bonchev–Trinajstić information content (AvgIpc) is 2.49. The van der Waals surface area contributed by atoms with Gasteiger partial charge in [-0.3, -0.25) is 4.79 Å². The van der Waals surface area contributed by atoms with Crippen LogP contribution < -0.4 is 10.6 Å². The van der Waals surface area contributed by atoms with E-state index in [0.29, 0.717) is 6.04 Å². The van der Waals surface area contributed by atoms with Crippen molar-refractivity contribution in [2.24, 2.45) is 5.92 Å². The van der Waals surface area contributed by atoms with Gasteiger partial charge in [0.25, 0.3) is 0 Å². The SMILES string of the molecule is Cc1cc(Br)ccc1NC(=O)C1CCC2CCCCC2N1. The summed E-state index contributed by atoms with van der Waals surface area (Å²) in [6.45, 7) is 2.02. The van der Waals surface area contributed by atoms with Gasteiger partial charge in [0.2, 0.25) is 5.91 Å². The Kier molecular flexibility index (Phi) is 4.65. The van der Waals surface area contributed by atoms with Crippen LogP contribution in [-0.4, -0.2) is 18.0 Å². The summed E-state index contributed by atoms with van der Waals surface area (Å²) in [5.74, 6) is 0.904. The van der Waals surface area contributed by atoms with E-state index in [1.807, 2.05) is 25.1 Å². The van der Waals surface area contributed by atoms with E-state index >= 15 is 0 Å². The van der Waals surface area contributed by atoms with E-state index in [1.165, 1.54) is 32.1 Å². The third kappa shape index (κ3) is 3.49. The van der Waals surface area contributed by atoms with E-state index in [9.17, 15) is 4.79 Å². The van der Waals surface area contributed by atoms with Crippen LogP contribution in [0.3, 0.4) is 0 Å². The van der Waals surface area contributed by atoms with Crippen molar-refractivity contribution in [3.05, 3.63) is 28.2 Å². The van der Waals surface area contributed by atoms with Gasteiger partial charge in [-0.2, -0.15) is 0 Å². The first-order chi connectivity index (χ1) is 10.1. The molecule has 1 saturated heterocycles. The largest absolute Gasteiger partial charge is 0.324 e. The molecule has 0 aromatic heterocycles. The molecule has 1 heterocycles. The Balaban J connectivity index is 1.63. The highest BCUT2D eigenvalue weighted by Crippen LogP contribution is 2.32. The third-order valence-electron chi connectivity index (χ3n) is 4.91. The normalized spacial score (nSPS) is 28.8. The van der Waals surface area contributed by atoms with Crippen LogP contribution in [0, 0.1) is 12.8 Å². The van der Waals surface area contributed by atoms with Crippen molar-refractivity contribution in [2.45, 2.75) is 57.5 Å². The zero-order valence-corrected chi connectivity index (χ0v) is 14.1. The lowest BCUT2D eigenvalue weighted by atomic mass is 9.77. The minimum Gasteiger partial charge on any atom is -0.324 e. The second kappa shape index (κ2) is 6.49. The first-order valence-corrected chi connectivity index (χ1v) is 8.76. The summed E-state index contributed by atoms with van der Waals surface area (Å²) in [6, 6.07) is 6.47. The quantitative estimate of drug-likeness (QED) is 0.845. The van der Waals surface area contributed by atoms with Crippen LogP contribution in [0.4, 0.5) is 5.69 Å². The predicted molar refractivity (Wildman–Crippen MR) is 89.4 cm³/mol. The zero-order chi connectivity index (χ0) is 14.8. The molecule has 21 heavy (non-hydrogen) atoms. The van der Waals surface area contributed by atoms with Crippen molar-refractivity contribution >= 4 is 27.5 Å². The van der Waals surface area contributed by atoms with Crippen molar-refractivity contribution in [1.82, 2.24) is 5.32 Å². The Morgan fingerprint density at radius 2 is 2.05 bits per heavy atom. The fraction of sp³-hybridized carbons (Fsp3) is 0.588. The number of carbonyl (C=O) groups is 1. The minimum atomic E-state index is -0.0348. The number of amides is 1. The number of carbonyl (C=O) groups excluding carboxylic acids is 1. The van der Waals surface area contributed by atoms with Crippen molar-refractivity contribution in [3.63, 3.8) is 0 Å². The van der Waals surface area contributed by atoms with E-state index in [-0.39, 0.29) is 11.9 Å². The monoisotopic (exact) mass is 350 g/mol. The summed E-state index contributed by atoms with van der Waals surface area (Å²) in [5, 5.41) is 6.67. The molecule has 114 valence electrons. The lowest BCUT2D eigenvalue weighted by Crippen LogP contribution is -2.53. The van der Waals surface area contributed by atoms with Crippen LogP contribution in [0.2, 0.25) is 0 Å². The molecular weight excluding hydrogens is 328 g/mol. The number of nitrogens with one attached hydrogen (secondary N) is 2. The number of hydrogen-bond acceptors (Lipinski definition) is 2. The molecule has 1 amide bonds. The fourth-order valence-corrected chi connectivity index (χ4v) is 4.16. The molecule has 3 atom stereocenters. The molecule has 1 aliphatic heterocycles. The van der Waals surface area contributed by atoms with Gasteiger partial charge in [-0.25, -0.2) is 0 Å². The summed E-state index contributed by atoms with van der Waals surface area (Å²) >= 11 is 3.45. The van der Waals surface area contributed by atoms with Crippen LogP contribution >= 0.6 is 15.9 Å². The number of anilines is 1. The molecule has 1 saturated carbocycles. The third-order valence-corrected chi connectivity index (χ3v) is 5.41. The van der Waals surface area contributed by atoms with Crippen LogP contribution in [0.5, 0.6) is 0 Å². The van der Waals surface area contributed by atoms with Gasteiger partial charge in [-0.05, 0) is 62.3 Å². The molecule has 2 fully saturated rings. The summed E-state index contributed by atoms with van der Waals surface area (Å²) in [6.07, 6.45) is 7.37. The van der Waals surface area contributed by atoms with Gasteiger partial charge in [0, 0.05) is 16.2 Å². The number of benzene rings is 1. The standard InChI is InChI=1S/C17H23BrN2O/c1-11-10-13(18)7-9-14(11)20-17(21)16-8-6-12-4-2-3-5-15(12)19-16/h7,9-10,12,15-16,19H,2-6,8H2,1H3,(H,20,21). The first kappa shape index (κ1) is 15.0. The lowest BCUT2D eigenvalue weighted by Gasteiger charge is -2.39. The summed E-state index contributed by atoms with van der Waals surface area (Å²) in [7, 11) is 0. The molecule has 0 bridgehead atoms. The number of fused-ring (bicyclic) bond motifs is 1. The molecule has 2 N–H and O–H groups in total. The van der Waals surface area contributed by atoms with Crippen molar-refractivity contribution in [1.29, 1.82) is 0 Å². The highest BCUT2D eigenvalue weighted by Gasteiger charge is 2.34. The molecule has 1 aromatic carbocycles. The molecule has 0 spiro atoms. The van der Waals surface area contributed by atoms with Crippen molar-refractivity contribution in [2.75, 3.05) is 5.32 Å². The number of halogens is 1. The second-order valence-corrected chi connectivity index (χ2v) is 7.31. The Hall–Kier alpha value is -0.870. The molecule has 2 aliphatic rings. The van der Waals surface area contributed by atoms with Crippen LogP contribution in [0.1, 0.15) is 44.1 Å². The van der Waals surface area contributed by atoms with Gasteiger partial charge in [-0.1, -0.05) is 28.8 Å². The highest BCUT2D eigenvalue weighted by molar-refractivity contribution is 9.10. The molecular formula is C17H23BrN2O. The van der Waals surface area contributed by atoms with Gasteiger partial charge in [-0.15, -0.1) is 0 Å². The molecule has 1 aromatic rings. The van der Waals surface area contributed by atoms with E-state index in [4.69, 9.17) is 0 Å². The molecule has 0 radical (unpaired) electrons. The summed E-state index contributed by atoms with van der Waals surface area (Å²) in [5.41, 5.74) is 2.00. The average molecular weight is 351 g/mol. The Morgan fingerprint density at radius 3 is 2.86 bits per heavy atom. The van der Waals surface area contributed by atoms with Crippen LogP contribution in [-0.2, 0) is 4.79 Å². The van der Waals surface area contributed by atoms with Gasteiger partial charge in [0.05, 0.1) is 6.04 Å². The molecule has 1 aliphatic carbocycles. The van der Waals surface area contributed by atoms with E-state index in [0.717, 1.165) is 28.1 Å². The first-order valence-electron chi connectivity index (χ1n) is 7.96. The summed E-state index contributed by atoms with van der Waals surface area (Å²) < 4.78 is 1.04. The predicted octanol–water partition coefficient (Wildman–Crippen LogP) is 4.01. The highest BCUT2D eigenvalue weighted by atomic mass is 79.9. The fourth-order valence-electron chi connectivity index (χ4n) is 3.69. The number of rotatable bonds is 2. The van der Waals surface area contributed by atoms with E-state index in [1.54, 1.807) is 0 Å². The van der Waals surface area contributed by atoms with Gasteiger partial charge < -0.3 is 10.6 Å². The Bertz CT molecular complexity index is 532. The maximum atomic E-state index is 12.5. The van der Waals surface area contributed by atoms with Gasteiger partial charge in [0.1, 0.15) is 0 Å². The zero-order valence-electron chi connectivity index (χ0n) is 12.5. The number of piperidine rings is 1. The topological polar surface area (TPSA) is 41.1 Å². The maximum Gasteiger partial charge on any atom is 0.241 e. The van der Waals surface area contributed by atoms with Crippen LogP contribution in [0.15, 0.2) is 22.7 Å². The Labute approximate surface area is 135 Å². The second-order valence-electron chi connectivity index (χ2n) is 6.40. The molecule has 3 nitrogen and oxygen atoms in total.